The molecule has 0 amide bonds. The SMILES string of the molecule is Cc1nsc(SCCC(C)(C)C(=O)O)n1. The van der Waals surface area contributed by atoms with Gasteiger partial charge in [0.15, 0.2) is 4.34 Å². The molecule has 15 heavy (non-hydrogen) atoms. The van der Waals surface area contributed by atoms with Crippen LogP contribution in [0.15, 0.2) is 4.34 Å². The van der Waals surface area contributed by atoms with Crippen molar-refractivity contribution in [3.05, 3.63) is 5.82 Å². The molecule has 0 aliphatic carbocycles. The number of carboxylic acid groups (broad SMARTS) is 1. The maximum Gasteiger partial charge on any atom is 0.309 e. The number of hydrogen-bond acceptors (Lipinski definition) is 5. The minimum Gasteiger partial charge on any atom is -0.481 e. The first-order valence-electron chi connectivity index (χ1n) is 4.58. The number of hydrogen-bond donors (Lipinski definition) is 1. The highest BCUT2D eigenvalue weighted by Gasteiger charge is 2.26. The summed E-state index contributed by atoms with van der Waals surface area (Å²) in [5.74, 6) is 0.782. The van der Waals surface area contributed by atoms with Crippen LogP contribution in [-0.2, 0) is 4.79 Å². The number of rotatable bonds is 5. The van der Waals surface area contributed by atoms with E-state index in [-0.39, 0.29) is 0 Å². The molecule has 1 rings (SSSR count). The molecule has 0 atom stereocenters. The third-order valence-electron chi connectivity index (χ3n) is 2.04. The lowest BCUT2D eigenvalue weighted by molar-refractivity contribution is -0.146. The van der Waals surface area contributed by atoms with Crippen LogP contribution < -0.4 is 0 Å². The fourth-order valence-electron chi connectivity index (χ4n) is 0.837. The monoisotopic (exact) mass is 246 g/mol. The summed E-state index contributed by atoms with van der Waals surface area (Å²) in [4.78, 5) is 15.0. The molecule has 0 aromatic carbocycles. The molecular weight excluding hydrogens is 232 g/mol. The van der Waals surface area contributed by atoms with Gasteiger partial charge in [-0.1, -0.05) is 11.8 Å². The Hall–Kier alpha value is -0.620. The van der Waals surface area contributed by atoms with Crippen LogP contribution >= 0.6 is 23.3 Å². The van der Waals surface area contributed by atoms with E-state index in [0.717, 1.165) is 15.9 Å². The Balaban J connectivity index is 2.36. The molecule has 1 N–H and O–H groups in total. The van der Waals surface area contributed by atoms with Gasteiger partial charge in [-0.2, -0.15) is 4.37 Å². The van der Waals surface area contributed by atoms with Crippen LogP contribution in [0.5, 0.6) is 0 Å². The van der Waals surface area contributed by atoms with Gasteiger partial charge in [0.25, 0.3) is 0 Å². The highest BCUT2D eigenvalue weighted by atomic mass is 32.2. The maximum atomic E-state index is 10.8. The number of aryl methyl sites for hydroxylation is 1. The molecule has 1 aromatic rings. The van der Waals surface area contributed by atoms with Crippen LogP contribution in [0.2, 0.25) is 0 Å². The van der Waals surface area contributed by atoms with E-state index < -0.39 is 11.4 Å². The molecule has 0 radical (unpaired) electrons. The van der Waals surface area contributed by atoms with E-state index in [2.05, 4.69) is 9.36 Å². The van der Waals surface area contributed by atoms with E-state index >= 15 is 0 Å². The molecular formula is C9H14N2O2S2. The van der Waals surface area contributed by atoms with Crippen LogP contribution in [0, 0.1) is 12.3 Å². The van der Waals surface area contributed by atoms with Gasteiger partial charge in [-0.15, -0.1) is 0 Å². The van der Waals surface area contributed by atoms with E-state index in [0.29, 0.717) is 6.42 Å². The Kier molecular flexibility index (Phi) is 4.10. The number of aromatic nitrogens is 2. The third-order valence-corrected chi connectivity index (χ3v) is 3.97. The Morgan fingerprint density at radius 1 is 1.60 bits per heavy atom. The zero-order chi connectivity index (χ0) is 11.5. The van der Waals surface area contributed by atoms with Crippen molar-refractivity contribution < 1.29 is 9.90 Å². The summed E-state index contributed by atoms with van der Waals surface area (Å²) >= 11 is 2.93. The standard InChI is InChI=1S/C9H14N2O2S2/c1-6-10-8(15-11-6)14-5-4-9(2,3)7(12)13/h4-5H2,1-3H3,(H,12,13). The van der Waals surface area contributed by atoms with Crippen molar-refractivity contribution >= 4 is 29.3 Å². The second-order valence-electron chi connectivity index (χ2n) is 3.89. The van der Waals surface area contributed by atoms with Gasteiger partial charge in [0.1, 0.15) is 5.82 Å². The van der Waals surface area contributed by atoms with Crippen molar-refractivity contribution in [1.29, 1.82) is 0 Å². The molecule has 0 bridgehead atoms. The first-order valence-corrected chi connectivity index (χ1v) is 6.34. The van der Waals surface area contributed by atoms with Gasteiger partial charge in [0, 0.05) is 5.75 Å². The van der Waals surface area contributed by atoms with Crippen LogP contribution in [0.25, 0.3) is 0 Å². The first kappa shape index (κ1) is 12.4. The molecule has 84 valence electrons. The van der Waals surface area contributed by atoms with Crippen molar-refractivity contribution in [3.8, 4) is 0 Å². The van der Waals surface area contributed by atoms with Gasteiger partial charge in [-0.25, -0.2) is 4.98 Å². The van der Waals surface area contributed by atoms with E-state index in [1.165, 1.54) is 11.5 Å². The van der Waals surface area contributed by atoms with Gasteiger partial charge in [-0.3, -0.25) is 4.79 Å². The highest BCUT2D eigenvalue weighted by Crippen LogP contribution is 2.27. The molecule has 1 heterocycles. The Labute approximate surface area is 97.3 Å². The largest absolute Gasteiger partial charge is 0.481 e. The van der Waals surface area contributed by atoms with Gasteiger partial charge in [0.05, 0.1) is 5.41 Å². The number of carbonyl (C=O) groups is 1. The molecule has 0 unspecified atom stereocenters. The average molecular weight is 246 g/mol. The summed E-state index contributed by atoms with van der Waals surface area (Å²) in [6, 6.07) is 0. The Morgan fingerprint density at radius 3 is 2.73 bits per heavy atom. The van der Waals surface area contributed by atoms with E-state index in [9.17, 15) is 4.79 Å². The summed E-state index contributed by atoms with van der Waals surface area (Å²) in [5, 5.41) is 8.91. The summed E-state index contributed by atoms with van der Waals surface area (Å²) in [6.07, 6.45) is 0.631. The van der Waals surface area contributed by atoms with Crippen molar-refractivity contribution in [1.82, 2.24) is 9.36 Å². The van der Waals surface area contributed by atoms with Gasteiger partial charge >= 0.3 is 5.97 Å². The number of nitrogens with zero attached hydrogens (tertiary/aromatic N) is 2. The van der Waals surface area contributed by atoms with Crippen LogP contribution in [0.3, 0.4) is 0 Å². The molecule has 0 fully saturated rings. The quantitative estimate of drug-likeness (QED) is 0.808. The minimum absolute atomic E-state index is 0.631. The fourth-order valence-corrected chi connectivity index (χ4v) is 2.82. The van der Waals surface area contributed by atoms with Crippen LogP contribution in [0.1, 0.15) is 26.1 Å². The summed E-state index contributed by atoms with van der Waals surface area (Å²) in [6.45, 7) is 5.32. The molecule has 1 aromatic heterocycles. The van der Waals surface area contributed by atoms with Crippen molar-refractivity contribution in [2.75, 3.05) is 5.75 Å². The average Bonchev–Trinajstić information content (AvgIpc) is 2.51. The zero-order valence-electron chi connectivity index (χ0n) is 8.98. The summed E-state index contributed by atoms with van der Waals surface area (Å²) in [7, 11) is 0. The molecule has 0 saturated carbocycles. The third kappa shape index (κ3) is 3.79. The van der Waals surface area contributed by atoms with Crippen molar-refractivity contribution in [2.24, 2.45) is 5.41 Å². The van der Waals surface area contributed by atoms with Crippen LogP contribution in [0.4, 0.5) is 0 Å². The highest BCUT2D eigenvalue weighted by molar-refractivity contribution is 8.00. The first-order chi connectivity index (χ1) is 6.92. The molecule has 0 saturated heterocycles. The van der Waals surface area contributed by atoms with Gasteiger partial charge < -0.3 is 5.11 Å². The molecule has 0 spiro atoms. The maximum absolute atomic E-state index is 10.8. The lowest BCUT2D eigenvalue weighted by Crippen LogP contribution is -2.24. The lowest BCUT2D eigenvalue weighted by atomic mass is 9.91. The van der Waals surface area contributed by atoms with E-state index in [1.807, 2.05) is 6.92 Å². The smallest absolute Gasteiger partial charge is 0.309 e. The molecule has 0 aliphatic rings. The minimum atomic E-state index is -0.753. The fraction of sp³-hybridized carbons (Fsp3) is 0.667. The van der Waals surface area contributed by atoms with Crippen LogP contribution in [-0.4, -0.2) is 26.2 Å². The van der Waals surface area contributed by atoms with Gasteiger partial charge in [0.2, 0.25) is 0 Å². The second kappa shape index (κ2) is 4.94. The van der Waals surface area contributed by atoms with Gasteiger partial charge in [-0.05, 0) is 38.7 Å². The van der Waals surface area contributed by atoms with E-state index in [1.54, 1.807) is 25.6 Å². The summed E-state index contributed by atoms with van der Waals surface area (Å²) < 4.78 is 4.97. The number of carboxylic acids is 1. The Bertz CT molecular complexity index is 350. The Morgan fingerprint density at radius 2 is 2.27 bits per heavy atom. The van der Waals surface area contributed by atoms with Crippen molar-refractivity contribution in [2.45, 2.75) is 31.5 Å². The van der Waals surface area contributed by atoms with Crippen molar-refractivity contribution in [3.63, 3.8) is 0 Å². The zero-order valence-corrected chi connectivity index (χ0v) is 10.6. The molecule has 4 nitrogen and oxygen atoms in total. The molecule has 0 aliphatic heterocycles. The number of thioether (sulfide) groups is 1. The lowest BCUT2D eigenvalue weighted by Gasteiger charge is -2.17. The normalized spacial score (nSPS) is 11.7. The number of aliphatic carboxylic acids is 1. The predicted molar refractivity (Wildman–Crippen MR) is 61.4 cm³/mol. The topological polar surface area (TPSA) is 63.1 Å². The predicted octanol–water partition coefficient (Wildman–Crippen LogP) is 2.44. The second-order valence-corrected chi connectivity index (χ2v) is 5.99. The summed E-state index contributed by atoms with van der Waals surface area (Å²) in [5.41, 5.74) is -0.660. The molecule has 6 heteroatoms. The van der Waals surface area contributed by atoms with E-state index in [4.69, 9.17) is 5.11 Å².